The van der Waals surface area contributed by atoms with Gasteiger partial charge in [0, 0.05) is 29.0 Å². The lowest BCUT2D eigenvalue weighted by molar-refractivity contribution is 0.904. The smallest absolute Gasteiger partial charge is 0.203 e. The molecule has 0 aliphatic heterocycles. The van der Waals surface area contributed by atoms with Gasteiger partial charge < -0.3 is 0 Å². The second-order valence-electron chi connectivity index (χ2n) is 1.71. The predicted octanol–water partition coefficient (Wildman–Crippen LogP) is 2.10. The lowest BCUT2D eigenvalue weighted by atomic mass is 10.4. The number of hydrogen-bond donors (Lipinski definition) is 0. The molecule has 0 aliphatic carbocycles. The molecule has 9 heavy (non-hydrogen) atoms. The Balaban J connectivity index is 2.61. The van der Waals surface area contributed by atoms with Crippen LogP contribution in [0.3, 0.4) is 0 Å². The van der Waals surface area contributed by atoms with E-state index in [1.165, 1.54) is 11.5 Å². The molecule has 0 spiro atoms. The molecule has 2 nitrogen and oxygen atoms in total. The van der Waals surface area contributed by atoms with Crippen molar-refractivity contribution in [3.63, 3.8) is 0 Å². The first-order chi connectivity index (χ1) is 4.33. The van der Waals surface area contributed by atoms with Crippen molar-refractivity contribution in [2.24, 2.45) is 0 Å². The molecule has 0 saturated carbocycles. The summed E-state index contributed by atoms with van der Waals surface area (Å²) in [6, 6.07) is 0. The molecule has 1 rings (SSSR count). The van der Waals surface area contributed by atoms with Crippen LogP contribution in [0.5, 0.6) is 0 Å². The summed E-state index contributed by atoms with van der Waals surface area (Å²) in [5.74, 6) is 0. The SMILES string of the molecule is CCCc1nc(I)ns1. The fourth-order valence-corrected chi connectivity index (χ4v) is 1.94. The van der Waals surface area contributed by atoms with E-state index in [0.29, 0.717) is 0 Å². The van der Waals surface area contributed by atoms with Gasteiger partial charge in [-0.15, -0.1) is 0 Å². The van der Waals surface area contributed by atoms with E-state index >= 15 is 0 Å². The van der Waals surface area contributed by atoms with Gasteiger partial charge in [0.1, 0.15) is 5.01 Å². The second kappa shape index (κ2) is 3.46. The normalized spacial score (nSPS) is 10.0. The maximum atomic E-state index is 4.19. The number of aromatic nitrogens is 2. The van der Waals surface area contributed by atoms with Crippen LogP contribution in [-0.2, 0) is 6.42 Å². The van der Waals surface area contributed by atoms with Crippen LogP contribution in [0.2, 0.25) is 0 Å². The Bertz CT molecular complexity index is 187. The van der Waals surface area contributed by atoms with Crippen molar-refractivity contribution < 1.29 is 0 Å². The third-order valence-corrected chi connectivity index (χ3v) is 2.49. The number of rotatable bonds is 2. The fourth-order valence-electron chi connectivity index (χ4n) is 0.549. The zero-order valence-electron chi connectivity index (χ0n) is 5.09. The van der Waals surface area contributed by atoms with Crippen molar-refractivity contribution in [2.75, 3.05) is 0 Å². The van der Waals surface area contributed by atoms with E-state index in [2.05, 4.69) is 38.9 Å². The van der Waals surface area contributed by atoms with Crippen molar-refractivity contribution in [3.05, 3.63) is 8.84 Å². The average molecular weight is 254 g/mol. The van der Waals surface area contributed by atoms with Gasteiger partial charge >= 0.3 is 0 Å². The van der Waals surface area contributed by atoms with Crippen LogP contribution in [0.25, 0.3) is 0 Å². The number of halogens is 1. The molecule has 0 N–H and O–H groups in total. The van der Waals surface area contributed by atoms with Gasteiger partial charge in [0.05, 0.1) is 0 Å². The Morgan fingerprint density at radius 2 is 2.44 bits per heavy atom. The van der Waals surface area contributed by atoms with Gasteiger partial charge in [0.25, 0.3) is 0 Å². The summed E-state index contributed by atoms with van der Waals surface area (Å²) < 4.78 is 4.93. The summed E-state index contributed by atoms with van der Waals surface area (Å²) in [6.07, 6.45) is 2.23. The molecule has 1 aromatic heterocycles. The first kappa shape index (κ1) is 7.40. The van der Waals surface area contributed by atoms with E-state index in [1.54, 1.807) is 0 Å². The Kier molecular flexibility index (Phi) is 2.84. The largest absolute Gasteiger partial charge is 0.215 e. The second-order valence-corrected chi connectivity index (χ2v) is 3.51. The van der Waals surface area contributed by atoms with E-state index < -0.39 is 0 Å². The molecule has 1 aromatic rings. The molecule has 1 heterocycles. The fraction of sp³-hybridized carbons (Fsp3) is 0.600. The van der Waals surface area contributed by atoms with E-state index in [9.17, 15) is 0 Å². The van der Waals surface area contributed by atoms with Crippen LogP contribution in [0.4, 0.5) is 0 Å². The Morgan fingerprint density at radius 3 is 2.89 bits per heavy atom. The van der Waals surface area contributed by atoms with E-state index in [1.807, 2.05) is 0 Å². The van der Waals surface area contributed by atoms with Crippen LogP contribution >= 0.6 is 34.1 Å². The lowest BCUT2D eigenvalue weighted by Gasteiger charge is -1.83. The summed E-state index contributed by atoms with van der Waals surface area (Å²) in [4.78, 5) is 4.19. The van der Waals surface area contributed by atoms with Gasteiger partial charge in [-0.3, -0.25) is 0 Å². The van der Waals surface area contributed by atoms with E-state index in [-0.39, 0.29) is 0 Å². The standard InChI is InChI=1S/C5H7IN2S/c1-2-3-4-7-5(6)8-9-4/h2-3H2,1H3. The third-order valence-electron chi connectivity index (χ3n) is 0.907. The van der Waals surface area contributed by atoms with Crippen LogP contribution in [-0.4, -0.2) is 9.36 Å². The van der Waals surface area contributed by atoms with E-state index in [4.69, 9.17) is 0 Å². The van der Waals surface area contributed by atoms with Crippen LogP contribution < -0.4 is 0 Å². The Hall–Kier alpha value is 0.290. The summed E-state index contributed by atoms with van der Waals surface area (Å²) in [6.45, 7) is 2.15. The minimum Gasteiger partial charge on any atom is -0.215 e. The molecule has 0 fully saturated rings. The third kappa shape index (κ3) is 2.17. The van der Waals surface area contributed by atoms with Gasteiger partial charge in [-0.25, -0.2) is 4.98 Å². The molecule has 0 unspecified atom stereocenters. The quantitative estimate of drug-likeness (QED) is 0.755. The molecule has 0 atom stereocenters. The van der Waals surface area contributed by atoms with Crippen molar-refractivity contribution in [3.8, 4) is 0 Å². The zero-order valence-corrected chi connectivity index (χ0v) is 8.07. The number of nitrogens with zero attached hydrogens (tertiary/aromatic N) is 2. The minimum absolute atomic E-state index is 0.876. The number of aryl methyl sites for hydroxylation is 1. The van der Waals surface area contributed by atoms with Crippen LogP contribution in [0, 0.1) is 3.83 Å². The molecule has 0 aromatic carbocycles. The first-order valence-corrected chi connectivity index (χ1v) is 4.66. The summed E-state index contributed by atoms with van der Waals surface area (Å²) in [5, 5.41) is 1.15. The highest BCUT2D eigenvalue weighted by Crippen LogP contribution is 2.07. The Morgan fingerprint density at radius 1 is 1.67 bits per heavy atom. The molecule has 0 bridgehead atoms. The summed E-state index contributed by atoms with van der Waals surface area (Å²) in [7, 11) is 0. The first-order valence-electron chi connectivity index (χ1n) is 2.81. The average Bonchev–Trinajstić information content (AvgIpc) is 2.17. The van der Waals surface area contributed by atoms with Gasteiger partial charge in [-0.05, 0) is 18.0 Å². The van der Waals surface area contributed by atoms with Crippen molar-refractivity contribution in [2.45, 2.75) is 19.8 Å². The molecule has 4 heteroatoms. The molecule has 0 amide bonds. The lowest BCUT2D eigenvalue weighted by Crippen LogP contribution is -1.79. The Labute approximate surface area is 72.0 Å². The highest BCUT2D eigenvalue weighted by molar-refractivity contribution is 14.1. The summed E-state index contributed by atoms with van der Waals surface area (Å²) >= 11 is 3.63. The molecule has 0 radical (unpaired) electrons. The summed E-state index contributed by atoms with van der Waals surface area (Å²) in [5.41, 5.74) is 0. The van der Waals surface area contributed by atoms with Crippen LogP contribution in [0.15, 0.2) is 0 Å². The van der Waals surface area contributed by atoms with Crippen molar-refractivity contribution in [1.82, 2.24) is 9.36 Å². The maximum Gasteiger partial charge on any atom is 0.203 e. The van der Waals surface area contributed by atoms with Crippen molar-refractivity contribution >= 4 is 34.1 Å². The molecule has 0 saturated heterocycles. The molecule has 0 aliphatic rings. The highest BCUT2D eigenvalue weighted by Gasteiger charge is 1.97. The zero-order chi connectivity index (χ0) is 6.69. The van der Waals surface area contributed by atoms with Crippen LogP contribution in [0.1, 0.15) is 18.4 Å². The predicted molar refractivity (Wildman–Crippen MR) is 46.6 cm³/mol. The van der Waals surface area contributed by atoms with E-state index in [0.717, 1.165) is 21.7 Å². The van der Waals surface area contributed by atoms with Gasteiger partial charge in [0.2, 0.25) is 3.83 Å². The topological polar surface area (TPSA) is 25.8 Å². The molecular formula is C5H7IN2S. The van der Waals surface area contributed by atoms with Gasteiger partial charge in [-0.2, -0.15) is 4.37 Å². The van der Waals surface area contributed by atoms with Crippen molar-refractivity contribution in [1.29, 1.82) is 0 Å². The minimum atomic E-state index is 0.876. The monoisotopic (exact) mass is 254 g/mol. The van der Waals surface area contributed by atoms with Gasteiger partial charge in [0.15, 0.2) is 0 Å². The molecule has 50 valence electrons. The maximum absolute atomic E-state index is 4.19. The highest BCUT2D eigenvalue weighted by atomic mass is 127. The molecular weight excluding hydrogens is 247 g/mol. The number of hydrogen-bond acceptors (Lipinski definition) is 3. The van der Waals surface area contributed by atoms with Gasteiger partial charge in [-0.1, -0.05) is 6.92 Å².